The van der Waals surface area contributed by atoms with E-state index in [-0.39, 0.29) is 12.5 Å². The predicted octanol–water partition coefficient (Wildman–Crippen LogP) is 7.06. The SMILES string of the molecule is CCCCCCCCCCCCCCCCCCC(=O)NC(CO)C(O)CCCCC. The molecule has 0 rings (SSSR count). The molecule has 0 aromatic heterocycles. The van der Waals surface area contributed by atoms with Crippen molar-refractivity contribution in [2.45, 2.75) is 161 Å². The van der Waals surface area contributed by atoms with Crippen LogP contribution in [0.5, 0.6) is 0 Å². The Bertz CT molecular complexity index is 375. The number of aliphatic hydroxyl groups excluding tert-OH is 2. The number of hydrogen-bond acceptors (Lipinski definition) is 3. The summed E-state index contributed by atoms with van der Waals surface area (Å²) in [6.07, 6.45) is 24.8. The maximum absolute atomic E-state index is 12.1. The van der Waals surface area contributed by atoms with E-state index in [0.717, 1.165) is 32.1 Å². The van der Waals surface area contributed by atoms with E-state index < -0.39 is 12.1 Å². The van der Waals surface area contributed by atoms with Gasteiger partial charge in [-0.1, -0.05) is 129 Å². The lowest BCUT2D eigenvalue weighted by Gasteiger charge is -2.22. The standard InChI is InChI=1S/C27H55NO3/c1-3-5-7-8-9-10-11-12-13-14-15-16-17-18-19-21-23-27(31)28-25(24-29)26(30)22-20-6-4-2/h25-26,29-30H,3-24H2,1-2H3,(H,28,31). The quantitative estimate of drug-likeness (QED) is 0.140. The lowest BCUT2D eigenvalue weighted by Crippen LogP contribution is -2.45. The Balaban J connectivity index is 3.43. The smallest absolute Gasteiger partial charge is 0.220 e. The maximum Gasteiger partial charge on any atom is 0.220 e. The van der Waals surface area contributed by atoms with Crippen molar-refractivity contribution in [1.29, 1.82) is 0 Å². The Morgan fingerprint density at radius 2 is 1.03 bits per heavy atom. The minimum Gasteiger partial charge on any atom is -0.394 e. The Labute approximate surface area is 194 Å². The molecule has 0 heterocycles. The van der Waals surface area contributed by atoms with Gasteiger partial charge in [-0.05, 0) is 12.8 Å². The molecule has 1 amide bonds. The molecule has 0 saturated carbocycles. The van der Waals surface area contributed by atoms with Crippen LogP contribution in [0.1, 0.15) is 149 Å². The van der Waals surface area contributed by atoms with Gasteiger partial charge in [-0.15, -0.1) is 0 Å². The first-order valence-corrected chi connectivity index (χ1v) is 13.7. The van der Waals surface area contributed by atoms with E-state index in [1.165, 1.54) is 89.9 Å². The van der Waals surface area contributed by atoms with E-state index in [1.54, 1.807) is 0 Å². The Hall–Kier alpha value is -0.610. The summed E-state index contributed by atoms with van der Waals surface area (Å²) >= 11 is 0. The fourth-order valence-electron chi connectivity index (χ4n) is 4.18. The van der Waals surface area contributed by atoms with E-state index >= 15 is 0 Å². The van der Waals surface area contributed by atoms with Crippen LogP contribution >= 0.6 is 0 Å². The molecule has 0 aliphatic carbocycles. The second-order valence-electron chi connectivity index (χ2n) is 9.47. The summed E-state index contributed by atoms with van der Waals surface area (Å²) in [5.74, 6) is -0.0426. The molecule has 0 aromatic carbocycles. The average molecular weight is 442 g/mol. The molecule has 2 unspecified atom stereocenters. The Morgan fingerprint density at radius 1 is 0.645 bits per heavy atom. The number of hydrogen-bond donors (Lipinski definition) is 3. The van der Waals surface area contributed by atoms with Crippen LogP contribution in [-0.2, 0) is 4.79 Å². The van der Waals surface area contributed by atoms with E-state index in [4.69, 9.17) is 0 Å². The summed E-state index contributed by atoms with van der Waals surface area (Å²) in [5.41, 5.74) is 0. The monoisotopic (exact) mass is 441 g/mol. The zero-order chi connectivity index (χ0) is 23.0. The predicted molar refractivity (Wildman–Crippen MR) is 133 cm³/mol. The van der Waals surface area contributed by atoms with Gasteiger partial charge in [-0.3, -0.25) is 4.79 Å². The molecular weight excluding hydrogens is 386 g/mol. The van der Waals surface area contributed by atoms with Crippen LogP contribution in [0.15, 0.2) is 0 Å². The number of aliphatic hydroxyl groups is 2. The van der Waals surface area contributed by atoms with E-state index in [1.807, 2.05) is 0 Å². The van der Waals surface area contributed by atoms with Crippen LogP contribution in [0.25, 0.3) is 0 Å². The topological polar surface area (TPSA) is 69.6 Å². The van der Waals surface area contributed by atoms with Crippen molar-refractivity contribution in [1.82, 2.24) is 5.32 Å². The Kier molecular flexibility index (Phi) is 23.6. The zero-order valence-corrected chi connectivity index (χ0v) is 21.0. The molecule has 3 N–H and O–H groups in total. The minimum absolute atomic E-state index is 0.0426. The Morgan fingerprint density at radius 3 is 1.45 bits per heavy atom. The van der Waals surface area contributed by atoms with Crippen molar-refractivity contribution >= 4 is 5.91 Å². The summed E-state index contributed by atoms with van der Waals surface area (Å²) in [7, 11) is 0. The fraction of sp³-hybridized carbons (Fsp3) is 0.963. The highest BCUT2D eigenvalue weighted by Crippen LogP contribution is 2.14. The number of unbranched alkanes of at least 4 members (excludes halogenated alkanes) is 17. The second kappa shape index (κ2) is 24.0. The second-order valence-corrected chi connectivity index (χ2v) is 9.47. The van der Waals surface area contributed by atoms with Gasteiger partial charge in [0.15, 0.2) is 0 Å². The van der Waals surface area contributed by atoms with Gasteiger partial charge in [0.1, 0.15) is 0 Å². The molecule has 4 heteroatoms. The fourth-order valence-corrected chi connectivity index (χ4v) is 4.18. The molecular formula is C27H55NO3. The van der Waals surface area contributed by atoms with Crippen LogP contribution in [0, 0.1) is 0 Å². The number of carbonyl (C=O) groups is 1. The average Bonchev–Trinajstić information content (AvgIpc) is 2.77. The third kappa shape index (κ3) is 21.0. The lowest BCUT2D eigenvalue weighted by molar-refractivity contribution is -0.123. The van der Waals surface area contributed by atoms with Crippen molar-refractivity contribution in [2.75, 3.05) is 6.61 Å². The number of amides is 1. The summed E-state index contributed by atoms with van der Waals surface area (Å²) in [5, 5.41) is 22.4. The highest BCUT2D eigenvalue weighted by molar-refractivity contribution is 5.76. The lowest BCUT2D eigenvalue weighted by atomic mass is 10.0. The first kappa shape index (κ1) is 30.4. The number of nitrogens with one attached hydrogen (secondary N) is 1. The molecule has 0 bridgehead atoms. The number of rotatable bonds is 24. The van der Waals surface area contributed by atoms with Crippen LogP contribution in [0.2, 0.25) is 0 Å². The molecule has 2 atom stereocenters. The summed E-state index contributed by atoms with van der Waals surface area (Å²) in [6.45, 7) is 4.20. The third-order valence-corrected chi connectivity index (χ3v) is 6.37. The van der Waals surface area contributed by atoms with Crippen molar-refractivity contribution in [2.24, 2.45) is 0 Å². The van der Waals surface area contributed by atoms with Gasteiger partial charge in [0.2, 0.25) is 5.91 Å². The largest absolute Gasteiger partial charge is 0.394 e. The summed E-state index contributed by atoms with van der Waals surface area (Å²) in [6, 6.07) is -0.523. The van der Waals surface area contributed by atoms with Gasteiger partial charge in [0.25, 0.3) is 0 Å². The molecule has 0 fully saturated rings. The molecule has 0 aromatic rings. The first-order chi connectivity index (χ1) is 15.2. The van der Waals surface area contributed by atoms with E-state index in [2.05, 4.69) is 19.2 Å². The van der Waals surface area contributed by atoms with Gasteiger partial charge in [0, 0.05) is 6.42 Å². The molecule has 186 valence electrons. The molecule has 0 spiro atoms. The van der Waals surface area contributed by atoms with Gasteiger partial charge in [-0.25, -0.2) is 0 Å². The van der Waals surface area contributed by atoms with Gasteiger partial charge in [0.05, 0.1) is 18.8 Å². The third-order valence-electron chi connectivity index (χ3n) is 6.37. The normalized spacial score (nSPS) is 13.3. The van der Waals surface area contributed by atoms with Crippen LogP contribution in [0.4, 0.5) is 0 Å². The first-order valence-electron chi connectivity index (χ1n) is 13.7. The molecule has 0 aliphatic rings. The minimum atomic E-state index is -0.647. The molecule has 0 aliphatic heterocycles. The van der Waals surface area contributed by atoms with Gasteiger partial charge in [-0.2, -0.15) is 0 Å². The van der Waals surface area contributed by atoms with Gasteiger partial charge >= 0.3 is 0 Å². The summed E-state index contributed by atoms with van der Waals surface area (Å²) < 4.78 is 0. The summed E-state index contributed by atoms with van der Waals surface area (Å²) in [4.78, 5) is 12.1. The molecule has 31 heavy (non-hydrogen) atoms. The molecule has 0 saturated heterocycles. The molecule has 4 nitrogen and oxygen atoms in total. The van der Waals surface area contributed by atoms with Crippen molar-refractivity contribution in [3.05, 3.63) is 0 Å². The van der Waals surface area contributed by atoms with Crippen molar-refractivity contribution in [3.8, 4) is 0 Å². The van der Waals surface area contributed by atoms with E-state index in [9.17, 15) is 15.0 Å². The highest BCUT2D eigenvalue weighted by atomic mass is 16.3. The van der Waals surface area contributed by atoms with Crippen molar-refractivity contribution in [3.63, 3.8) is 0 Å². The highest BCUT2D eigenvalue weighted by Gasteiger charge is 2.19. The van der Waals surface area contributed by atoms with Crippen LogP contribution < -0.4 is 5.32 Å². The number of carbonyl (C=O) groups excluding carboxylic acids is 1. The maximum atomic E-state index is 12.1. The van der Waals surface area contributed by atoms with Crippen LogP contribution in [-0.4, -0.2) is 34.9 Å². The van der Waals surface area contributed by atoms with Gasteiger partial charge < -0.3 is 15.5 Å². The van der Waals surface area contributed by atoms with E-state index in [0.29, 0.717) is 12.8 Å². The zero-order valence-electron chi connectivity index (χ0n) is 21.0. The molecule has 0 radical (unpaired) electrons. The van der Waals surface area contributed by atoms with Crippen molar-refractivity contribution < 1.29 is 15.0 Å². The van der Waals surface area contributed by atoms with Crippen LogP contribution in [0.3, 0.4) is 0 Å².